The molecule has 1 aliphatic carbocycles. The highest BCUT2D eigenvalue weighted by Gasteiger charge is 2.34. The maximum Gasteiger partial charge on any atom is 0.159 e. The first-order valence-electron chi connectivity index (χ1n) is 5.87. The Hall–Kier alpha value is -0.590. The molecule has 1 nitrogen and oxygen atoms in total. The van der Waals surface area contributed by atoms with Gasteiger partial charge in [0, 0.05) is 5.92 Å². The van der Waals surface area contributed by atoms with Gasteiger partial charge in [-0.05, 0) is 29.7 Å². The summed E-state index contributed by atoms with van der Waals surface area (Å²) < 4.78 is 0. The van der Waals surface area contributed by atoms with E-state index in [2.05, 4.69) is 41.5 Å². The van der Waals surface area contributed by atoms with Gasteiger partial charge in [-0.1, -0.05) is 47.1 Å². The minimum atomic E-state index is 0.108. The fourth-order valence-electron chi connectivity index (χ4n) is 2.24. The topological polar surface area (TPSA) is 17.1 Å². The van der Waals surface area contributed by atoms with Gasteiger partial charge in [0.2, 0.25) is 0 Å². The van der Waals surface area contributed by atoms with E-state index in [1.807, 2.05) is 6.08 Å². The van der Waals surface area contributed by atoms with Crippen molar-refractivity contribution in [3.63, 3.8) is 0 Å². The van der Waals surface area contributed by atoms with E-state index in [1.54, 1.807) is 0 Å². The summed E-state index contributed by atoms with van der Waals surface area (Å²) in [5, 5.41) is 0. The van der Waals surface area contributed by atoms with E-state index >= 15 is 0 Å². The van der Waals surface area contributed by atoms with Gasteiger partial charge < -0.3 is 0 Å². The molecule has 0 fully saturated rings. The zero-order chi connectivity index (χ0) is 11.9. The molecule has 0 aromatic heterocycles. The highest BCUT2D eigenvalue weighted by atomic mass is 16.1. The molecule has 0 amide bonds. The van der Waals surface area contributed by atoms with E-state index < -0.39 is 0 Å². The minimum Gasteiger partial charge on any atom is -0.295 e. The number of rotatable bonds is 0. The fraction of sp³-hybridized carbons (Fsp3) is 0.786. The second-order valence-electron chi connectivity index (χ2n) is 6.78. The zero-order valence-electron chi connectivity index (χ0n) is 11.0. The van der Waals surface area contributed by atoms with E-state index in [0.29, 0.717) is 5.78 Å². The van der Waals surface area contributed by atoms with Crippen molar-refractivity contribution in [2.45, 2.75) is 54.4 Å². The summed E-state index contributed by atoms with van der Waals surface area (Å²) in [4.78, 5) is 12.0. The van der Waals surface area contributed by atoms with E-state index in [4.69, 9.17) is 0 Å². The Balaban J connectivity index is 2.88. The molecule has 1 unspecified atom stereocenters. The lowest BCUT2D eigenvalue weighted by Crippen LogP contribution is -2.31. The molecule has 1 rings (SSSR count). The molecule has 0 saturated heterocycles. The molecular weight excluding hydrogens is 184 g/mol. The minimum absolute atomic E-state index is 0.108. The summed E-state index contributed by atoms with van der Waals surface area (Å²) in [6.07, 6.45) is 4.00. The molecule has 15 heavy (non-hydrogen) atoms. The molecule has 0 spiro atoms. The maximum atomic E-state index is 12.0. The van der Waals surface area contributed by atoms with Crippen LogP contribution in [0.2, 0.25) is 0 Å². The van der Waals surface area contributed by atoms with Gasteiger partial charge in [-0.2, -0.15) is 0 Å². The van der Waals surface area contributed by atoms with Crippen molar-refractivity contribution in [3.8, 4) is 0 Å². The molecule has 1 aliphatic rings. The first-order valence-corrected chi connectivity index (χ1v) is 5.87. The van der Waals surface area contributed by atoms with Crippen LogP contribution in [0.4, 0.5) is 0 Å². The lowest BCUT2D eigenvalue weighted by Gasteiger charge is -2.35. The molecule has 0 saturated carbocycles. The average molecular weight is 208 g/mol. The van der Waals surface area contributed by atoms with Crippen LogP contribution in [-0.4, -0.2) is 5.78 Å². The molecule has 0 aromatic carbocycles. The molecular formula is C14H24O. The molecule has 0 heterocycles. The molecule has 1 atom stereocenters. The summed E-state index contributed by atoms with van der Waals surface area (Å²) in [6.45, 7) is 13.0. The Labute approximate surface area is 93.9 Å². The highest BCUT2D eigenvalue weighted by molar-refractivity contribution is 5.93. The number of carbonyl (C=O) groups excluding carboxylic acids is 1. The second kappa shape index (κ2) is 3.77. The smallest absolute Gasteiger partial charge is 0.159 e. The van der Waals surface area contributed by atoms with E-state index in [1.165, 1.54) is 5.57 Å². The van der Waals surface area contributed by atoms with E-state index in [-0.39, 0.29) is 16.7 Å². The SMILES string of the molecule is CC(C)(C)C1=CC(=O)C(C(C)(C)C)CC1. The maximum absolute atomic E-state index is 12.0. The monoisotopic (exact) mass is 208 g/mol. The zero-order valence-corrected chi connectivity index (χ0v) is 11.0. The van der Waals surface area contributed by atoms with Crippen LogP contribution in [0.3, 0.4) is 0 Å². The van der Waals surface area contributed by atoms with Crippen molar-refractivity contribution in [1.82, 2.24) is 0 Å². The number of ketones is 1. The Bertz CT molecular complexity index is 283. The van der Waals surface area contributed by atoms with Crippen molar-refractivity contribution < 1.29 is 4.79 Å². The third-order valence-electron chi connectivity index (χ3n) is 3.37. The molecule has 0 aliphatic heterocycles. The van der Waals surface area contributed by atoms with Gasteiger partial charge in [-0.15, -0.1) is 0 Å². The molecule has 0 bridgehead atoms. The summed E-state index contributed by atoms with van der Waals surface area (Å²) in [7, 11) is 0. The predicted molar refractivity (Wildman–Crippen MR) is 64.7 cm³/mol. The van der Waals surface area contributed by atoms with Crippen LogP contribution in [0, 0.1) is 16.7 Å². The van der Waals surface area contributed by atoms with Crippen LogP contribution in [0.25, 0.3) is 0 Å². The lowest BCUT2D eigenvalue weighted by molar-refractivity contribution is -0.122. The van der Waals surface area contributed by atoms with E-state index in [0.717, 1.165) is 12.8 Å². The molecule has 0 aromatic rings. The first-order chi connectivity index (χ1) is 6.62. The van der Waals surface area contributed by atoms with Crippen LogP contribution in [0.1, 0.15) is 54.4 Å². The highest BCUT2D eigenvalue weighted by Crippen LogP contribution is 2.39. The number of hydrogen-bond acceptors (Lipinski definition) is 1. The van der Waals surface area contributed by atoms with Gasteiger partial charge in [0.05, 0.1) is 0 Å². The van der Waals surface area contributed by atoms with Crippen molar-refractivity contribution in [1.29, 1.82) is 0 Å². The summed E-state index contributed by atoms with van der Waals surface area (Å²) >= 11 is 0. The summed E-state index contributed by atoms with van der Waals surface area (Å²) in [5.74, 6) is 0.544. The summed E-state index contributed by atoms with van der Waals surface area (Å²) in [6, 6.07) is 0. The molecule has 0 radical (unpaired) electrons. The molecule has 1 heteroatoms. The Morgan fingerprint density at radius 1 is 1.13 bits per heavy atom. The standard InChI is InChI=1S/C14H24O/c1-13(2,3)10-7-8-11(12(15)9-10)14(4,5)6/h9,11H,7-8H2,1-6H3. The second-order valence-corrected chi connectivity index (χ2v) is 6.78. The first kappa shape index (κ1) is 12.5. The Morgan fingerprint density at radius 3 is 2.00 bits per heavy atom. The third-order valence-corrected chi connectivity index (χ3v) is 3.37. The van der Waals surface area contributed by atoms with Crippen molar-refractivity contribution in [2.24, 2.45) is 16.7 Å². The van der Waals surface area contributed by atoms with Crippen molar-refractivity contribution in [3.05, 3.63) is 11.6 Å². The Kier molecular flexibility index (Phi) is 3.14. The van der Waals surface area contributed by atoms with E-state index in [9.17, 15) is 4.79 Å². The van der Waals surface area contributed by atoms with Crippen LogP contribution in [0.15, 0.2) is 11.6 Å². The Morgan fingerprint density at radius 2 is 1.67 bits per heavy atom. The van der Waals surface area contributed by atoms with Gasteiger partial charge in [0.25, 0.3) is 0 Å². The van der Waals surface area contributed by atoms with Gasteiger partial charge in [-0.3, -0.25) is 4.79 Å². The van der Waals surface area contributed by atoms with Gasteiger partial charge in [-0.25, -0.2) is 0 Å². The summed E-state index contributed by atoms with van der Waals surface area (Å²) in [5.41, 5.74) is 1.57. The molecule has 86 valence electrons. The number of hydrogen-bond donors (Lipinski definition) is 0. The number of allylic oxidation sites excluding steroid dienone is 2. The van der Waals surface area contributed by atoms with Gasteiger partial charge in [0.1, 0.15) is 0 Å². The normalized spacial score (nSPS) is 24.0. The van der Waals surface area contributed by atoms with Crippen LogP contribution < -0.4 is 0 Å². The van der Waals surface area contributed by atoms with Crippen molar-refractivity contribution >= 4 is 5.78 Å². The van der Waals surface area contributed by atoms with Crippen molar-refractivity contribution in [2.75, 3.05) is 0 Å². The largest absolute Gasteiger partial charge is 0.295 e. The van der Waals surface area contributed by atoms with Crippen LogP contribution >= 0.6 is 0 Å². The van der Waals surface area contributed by atoms with Crippen LogP contribution in [-0.2, 0) is 4.79 Å². The molecule has 0 N–H and O–H groups in total. The average Bonchev–Trinajstić information content (AvgIpc) is 1.99. The fourth-order valence-corrected chi connectivity index (χ4v) is 2.24. The quantitative estimate of drug-likeness (QED) is 0.588. The van der Waals surface area contributed by atoms with Crippen LogP contribution in [0.5, 0.6) is 0 Å². The van der Waals surface area contributed by atoms with Gasteiger partial charge >= 0.3 is 0 Å². The van der Waals surface area contributed by atoms with Gasteiger partial charge in [0.15, 0.2) is 5.78 Å². The number of carbonyl (C=O) groups is 1. The third kappa shape index (κ3) is 2.93. The lowest BCUT2D eigenvalue weighted by atomic mass is 9.69. The predicted octanol–water partition coefficient (Wildman–Crippen LogP) is 3.98.